The van der Waals surface area contributed by atoms with E-state index in [1.165, 1.54) is 23.5 Å². The van der Waals surface area contributed by atoms with E-state index in [-0.39, 0.29) is 36.4 Å². The molecule has 1 saturated heterocycles. The second-order valence-corrected chi connectivity index (χ2v) is 12.7. The number of rotatable bonds is 14. The Morgan fingerprint density at radius 1 is 0.872 bits per heavy atom. The molecule has 13 heteroatoms. The summed E-state index contributed by atoms with van der Waals surface area (Å²) in [6, 6.07) is 4.83. The molecule has 5 amide bonds. The average Bonchev–Trinajstić information content (AvgIpc) is 3.45. The number of Topliss-reactive ketones (excluding diaryl/α,β-unsaturated/α-hetero) is 1. The van der Waals surface area contributed by atoms with Crippen LogP contribution in [0.1, 0.15) is 83.4 Å². The molecule has 2 heterocycles. The van der Waals surface area contributed by atoms with Crippen molar-refractivity contribution in [2.24, 2.45) is 17.8 Å². The zero-order chi connectivity index (χ0) is 34.8. The predicted molar refractivity (Wildman–Crippen MR) is 174 cm³/mol. The first-order valence-electron chi connectivity index (χ1n) is 16.1. The first kappa shape index (κ1) is 36.8. The van der Waals surface area contributed by atoms with Gasteiger partial charge in [-0.05, 0) is 43.1 Å². The molecule has 254 valence electrons. The van der Waals surface area contributed by atoms with Gasteiger partial charge in [0.15, 0.2) is 0 Å². The van der Waals surface area contributed by atoms with Crippen LogP contribution in [0.25, 0.3) is 0 Å². The number of benzene rings is 1. The maximum Gasteiger partial charge on any atom is 0.290 e. The van der Waals surface area contributed by atoms with Gasteiger partial charge in [0.2, 0.25) is 23.5 Å². The summed E-state index contributed by atoms with van der Waals surface area (Å²) in [5.41, 5.74) is 0.883. The van der Waals surface area contributed by atoms with Crippen molar-refractivity contribution in [3.8, 4) is 0 Å². The highest BCUT2D eigenvalue weighted by atomic mass is 16.2. The van der Waals surface area contributed by atoms with E-state index in [9.17, 15) is 28.8 Å². The summed E-state index contributed by atoms with van der Waals surface area (Å²) in [6.45, 7) is 12.7. The third-order valence-electron chi connectivity index (χ3n) is 8.43. The molecule has 1 aliphatic rings. The molecule has 2 aromatic rings. The van der Waals surface area contributed by atoms with Crippen LogP contribution in [0.2, 0.25) is 0 Å². The van der Waals surface area contributed by atoms with E-state index in [0.29, 0.717) is 6.42 Å². The minimum Gasteiger partial charge on any atom is -0.344 e. The van der Waals surface area contributed by atoms with Crippen molar-refractivity contribution >= 4 is 35.3 Å². The number of nitrogens with one attached hydrogen (secondary N) is 4. The first-order chi connectivity index (χ1) is 22.3. The van der Waals surface area contributed by atoms with Crippen LogP contribution in [0, 0.1) is 17.8 Å². The monoisotopic (exact) mass is 649 g/mol. The lowest BCUT2D eigenvalue weighted by Crippen LogP contribution is -2.60. The molecule has 0 spiro atoms. The van der Waals surface area contributed by atoms with Crippen LogP contribution in [-0.4, -0.2) is 80.9 Å². The van der Waals surface area contributed by atoms with Crippen LogP contribution in [0.3, 0.4) is 0 Å². The van der Waals surface area contributed by atoms with Crippen molar-refractivity contribution in [3.05, 3.63) is 60.2 Å². The Hall–Kier alpha value is -4.68. The molecule has 1 aliphatic heterocycles. The molecule has 6 atom stereocenters. The molecule has 4 N–H and O–H groups in total. The number of likely N-dealkylation sites (tertiary alicyclic amines) is 1. The van der Waals surface area contributed by atoms with Crippen molar-refractivity contribution < 1.29 is 28.8 Å². The smallest absolute Gasteiger partial charge is 0.290 e. The van der Waals surface area contributed by atoms with E-state index >= 15 is 0 Å². The zero-order valence-electron chi connectivity index (χ0n) is 28.2. The van der Waals surface area contributed by atoms with E-state index in [1.54, 1.807) is 41.5 Å². The van der Waals surface area contributed by atoms with Crippen molar-refractivity contribution in [1.82, 2.24) is 36.1 Å². The fraction of sp³-hybridized carbons (Fsp3) is 0.529. The Kier molecular flexibility index (Phi) is 13.1. The van der Waals surface area contributed by atoms with Gasteiger partial charge >= 0.3 is 0 Å². The highest BCUT2D eigenvalue weighted by Gasteiger charge is 2.44. The number of nitrogens with zero attached hydrogens (tertiary/aromatic N) is 3. The topological polar surface area (TPSA) is 180 Å². The summed E-state index contributed by atoms with van der Waals surface area (Å²) < 4.78 is 0. The number of amides is 5. The number of aromatic nitrogens is 2. The van der Waals surface area contributed by atoms with E-state index < -0.39 is 65.5 Å². The molecule has 1 aromatic carbocycles. The van der Waals surface area contributed by atoms with Gasteiger partial charge in [-0.15, -0.1) is 0 Å². The summed E-state index contributed by atoms with van der Waals surface area (Å²) >= 11 is 0. The average molecular weight is 650 g/mol. The van der Waals surface area contributed by atoms with Crippen LogP contribution < -0.4 is 21.3 Å². The molecule has 0 bridgehead atoms. The normalized spacial score (nSPS) is 18.5. The van der Waals surface area contributed by atoms with E-state index in [0.717, 1.165) is 5.56 Å². The zero-order valence-corrected chi connectivity index (χ0v) is 28.2. The molecule has 0 unspecified atom stereocenters. The lowest BCUT2D eigenvalue weighted by molar-refractivity contribution is -0.145. The standard InChI is InChI=1S/C34H47N7O6/c1-8-24(29(42)33(46)37-22(7)23-12-10-9-11-13-23)38-32(45)28-21(6)14-17-41(28)34(47)27(20(4)5)40-31(44)26(19(2)3)39-30(43)25-18-35-15-16-36-25/h9-13,15-16,18-22,24,26-28H,8,14,17H2,1-7H3,(H,37,46)(H,38,45)(H,39,43)(H,40,44)/t21-,22-,24-,26+,27+,28-/m0/s1. The van der Waals surface area contributed by atoms with Crippen LogP contribution in [-0.2, 0) is 24.0 Å². The van der Waals surface area contributed by atoms with Crippen molar-refractivity contribution in [2.75, 3.05) is 6.54 Å². The van der Waals surface area contributed by atoms with Gasteiger partial charge in [0, 0.05) is 18.9 Å². The number of hydrogen-bond donors (Lipinski definition) is 4. The highest BCUT2D eigenvalue weighted by molar-refractivity contribution is 6.38. The Morgan fingerprint density at radius 3 is 2.11 bits per heavy atom. The lowest BCUT2D eigenvalue weighted by Gasteiger charge is -2.33. The third kappa shape index (κ3) is 9.43. The Labute approximate surface area is 276 Å². The second kappa shape index (κ2) is 16.8. The summed E-state index contributed by atoms with van der Waals surface area (Å²) in [5, 5.41) is 10.9. The molecule has 1 aromatic heterocycles. The van der Waals surface area contributed by atoms with E-state index in [4.69, 9.17) is 0 Å². The van der Waals surface area contributed by atoms with Crippen molar-refractivity contribution in [1.29, 1.82) is 0 Å². The predicted octanol–water partition coefficient (Wildman–Crippen LogP) is 1.95. The number of carbonyl (C=O) groups is 6. The Bertz CT molecular complexity index is 1420. The number of hydrogen-bond acceptors (Lipinski definition) is 8. The van der Waals surface area contributed by atoms with Gasteiger partial charge in [-0.2, -0.15) is 0 Å². The minimum atomic E-state index is -1.08. The van der Waals surface area contributed by atoms with Crippen LogP contribution in [0.15, 0.2) is 48.9 Å². The molecule has 1 fully saturated rings. The SMILES string of the molecule is CC[C@H](NC(=O)[C@@H]1[C@@H](C)CCN1C(=O)[C@H](NC(=O)[C@H](NC(=O)c1cnccn1)C(C)C)C(C)C)C(=O)C(=O)N[C@@H](C)c1ccccc1. The maximum absolute atomic E-state index is 14.0. The van der Waals surface area contributed by atoms with Crippen molar-refractivity contribution in [2.45, 2.75) is 91.5 Å². The van der Waals surface area contributed by atoms with Crippen LogP contribution in [0.5, 0.6) is 0 Å². The summed E-state index contributed by atoms with van der Waals surface area (Å²) in [6.07, 6.45) is 4.80. The molecule has 0 saturated carbocycles. The van der Waals surface area contributed by atoms with Crippen LogP contribution >= 0.6 is 0 Å². The van der Waals surface area contributed by atoms with Gasteiger partial charge in [-0.25, -0.2) is 4.98 Å². The Morgan fingerprint density at radius 2 is 1.53 bits per heavy atom. The molecule has 0 aliphatic carbocycles. The summed E-state index contributed by atoms with van der Waals surface area (Å²) in [7, 11) is 0. The second-order valence-electron chi connectivity index (χ2n) is 12.7. The minimum absolute atomic E-state index is 0.0504. The fourth-order valence-corrected chi connectivity index (χ4v) is 5.56. The van der Waals surface area contributed by atoms with Gasteiger partial charge in [-0.3, -0.25) is 33.8 Å². The summed E-state index contributed by atoms with van der Waals surface area (Å²) in [5.74, 6) is -4.62. The number of carbonyl (C=O) groups excluding carboxylic acids is 6. The van der Waals surface area contributed by atoms with Gasteiger partial charge in [0.05, 0.1) is 18.3 Å². The largest absolute Gasteiger partial charge is 0.344 e. The molecular formula is C34H47N7O6. The van der Waals surface area contributed by atoms with Gasteiger partial charge in [0.1, 0.15) is 23.8 Å². The van der Waals surface area contributed by atoms with Gasteiger partial charge in [0.25, 0.3) is 11.8 Å². The van der Waals surface area contributed by atoms with E-state index in [2.05, 4.69) is 31.2 Å². The molecule has 3 rings (SSSR count). The number of ketones is 1. The first-order valence-corrected chi connectivity index (χ1v) is 16.1. The molecule has 0 radical (unpaired) electrons. The third-order valence-corrected chi connectivity index (χ3v) is 8.43. The molecule has 13 nitrogen and oxygen atoms in total. The van der Waals surface area contributed by atoms with Crippen LogP contribution in [0.4, 0.5) is 0 Å². The van der Waals surface area contributed by atoms with Gasteiger partial charge in [-0.1, -0.05) is 71.9 Å². The molecular weight excluding hydrogens is 602 g/mol. The van der Waals surface area contributed by atoms with Crippen molar-refractivity contribution in [3.63, 3.8) is 0 Å². The summed E-state index contributed by atoms with van der Waals surface area (Å²) in [4.78, 5) is 89.0. The maximum atomic E-state index is 14.0. The quantitative estimate of drug-likeness (QED) is 0.224. The van der Waals surface area contributed by atoms with E-state index in [1.807, 2.05) is 37.3 Å². The fourth-order valence-electron chi connectivity index (χ4n) is 5.56. The lowest BCUT2D eigenvalue weighted by atomic mass is 9.97. The molecule has 47 heavy (non-hydrogen) atoms. The highest BCUT2D eigenvalue weighted by Crippen LogP contribution is 2.26. The van der Waals surface area contributed by atoms with Gasteiger partial charge < -0.3 is 26.2 Å². The Balaban J connectivity index is 1.71.